The Labute approximate surface area is 101 Å². The molecule has 0 aliphatic heterocycles. The second-order valence-electron chi connectivity index (χ2n) is 3.88. The molecule has 5 heteroatoms. The molecule has 0 unspecified atom stereocenters. The van der Waals surface area contributed by atoms with Gasteiger partial charge in [0.2, 0.25) is 5.91 Å². The van der Waals surface area contributed by atoms with E-state index in [0.717, 1.165) is 0 Å². The molecule has 0 saturated carbocycles. The molecule has 1 aromatic rings. The van der Waals surface area contributed by atoms with Gasteiger partial charge in [-0.05, 0) is 18.2 Å². The number of amides is 1. The van der Waals surface area contributed by atoms with Crippen molar-refractivity contribution in [2.75, 3.05) is 31.7 Å². The fourth-order valence-corrected chi connectivity index (χ4v) is 1.31. The summed E-state index contributed by atoms with van der Waals surface area (Å²) in [6.07, 6.45) is 0.392. The van der Waals surface area contributed by atoms with E-state index in [1.165, 1.54) is 4.90 Å². The van der Waals surface area contributed by atoms with Crippen LogP contribution < -0.4 is 11.1 Å². The lowest BCUT2D eigenvalue weighted by molar-refractivity contribution is -0.128. The van der Waals surface area contributed by atoms with E-state index in [1.54, 1.807) is 32.3 Å². The minimum atomic E-state index is 0.0486. The summed E-state index contributed by atoms with van der Waals surface area (Å²) in [6, 6.07) is 7.05. The number of benzene rings is 1. The van der Waals surface area contributed by atoms with Gasteiger partial charge in [0.1, 0.15) is 0 Å². The number of anilines is 2. The van der Waals surface area contributed by atoms with Crippen LogP contribution in [0.15, 0.2) is 18.2 Å². The molecule has 0 aliphatic carbocycles. The molecule has 1 rings (SSSR count). The monoisotopic (exact) mass is 232 g/mol. The van der Waals surface area contributed by atoms with Crippen molar-refractivity contribution in [3.05, 3.63) is 23.8 Å². The lowest BCUT2D eigenvalue weighted by Gasteiger charge is -2.12. The normalized spacial score (nSPS) is 9.47. The zero-order chi connectivity index (χ0) is 12.8. The Bertz CT molecular complexity index is 448. The smallest absolute Gasteiger partial charge is 0.223 e. The highest BCUT2D eigenvalue weighted by molar-refractivity contribution is 5.76. The molecule has 17 heavy (non-hydrogen) atoms. The van der Waals surface area contributed by atoms with Crippen LogP contribution in [0.25, 0.3) is 0 Å². The summed E-state index contributed by atoms with van der Waals surface area (Å²) in [7, 11) is 3.43. The molecule has 0 atom stereocenters. The summed E-state index contributed by atoms with van der Waals surface area (Å²) in [5, 5.41) is 11.8. The highest BCUT2D eigenvalue weighted by Gasteiger charge is 2.04. The molecule has 3 N–H and O–H groups in total. The summed E-state index contributed by atoms with van der Waals surface area (Å²) < 4.78 is 0. The first-order valence-electron chi connectivity index (χ1n) is 5.28. The average molecular weight is 232 g/mol. The molecule has 0 spiro atoms. The van der Waals surface area contributed by atoms with Gasteiger partial charge in [0.05, 0.1) is 23.0 Å². The maximum absolute atomic E-state index is 11.3. The van der Waals surface area contributed by atoms with Gasteiger partial charge in [-0.25, -0.2) is 0 Å². The number of nitrogen functional groups attached to an aromatic ring is 1. The van der Waals surface area contributed by atoms with E-state index in [0.29, 0.717) is 29.9 Å². The fraction of sp³-hybridized carbons (Fsp3) is 0.333. The number of nitrogens with two attached hydrogens (primary N) is 1. The summed E-state index contributed by atoms with van der Waals surface area (Å²) in [4.78, 5) is 12.9. The molecule has 0 radical (unpaired) electrons. The molecule has 5 nitrogen and oxygen atoms in total. The van der Waals surface area contributed by atoms with E-state index in [1.807, 2.05) is 6.07 Å². The number of nitrogens with zero attached hydrogens (tertiary/aromatic N) is 2. The van der Waals surface area contributed by atoms with Gasteiger partial charge in [0.25, 0.3) is 0 Å². The van der Waals surface area contributed by atoms with Crippen molar-refractivity contribution in [2.45, 2.75) is 6.42 Å². The van der Waals surface area contributed by atoms with Crippen molar-refractivity contribution >= 4 is 17.3 Å². The van der Waals surface area contributed by atoms with Gasteiger partial charge in [-0.15, -0.1) is 0 Å². The number of hydrogen-bond acceptors (Lipinski definition) is 4. The van der Waals surface area contributed by atoms with Gasteiger partial charge in [0.15, 0.2) is 0 Å². The van der Waals surface area contributed by atoms with E-state index in [2.05, 4.69) is 5.32 Å². The van der Waals surface area contributed by atoms with Crippen LogP contribution >= 0.6 is 0 Å². The van der Waals surface area contributed by atoms with Gasteiger partial charge < -0.3 is 16.0 Å². The SMILES string of the molecule is CN(C)C(=O)CCNc1cc(C#N)ccc1N. The predicted molar refractivity (Wildman–Crippen MR) is 67.4 cm³/mol. The van der Waals surface area contributed by atoms with Crippen molar-refractivity contribution in [3.8, 4) is 6.07 Å². The summed E-state index contributed by atoms with van der Waals surface area (Å²) in [5.74, 6) is 0.0486. The Morgan fingerprint density at radius 3 is 2.82 bits per heavy atom. The first-order valence-corrected chi connectivity index (χ1v) is 5.28. The molecule has 0 aliphatic rings. The van der Waals surface area contributed by atoms with E-state index in [9.17, 15) is 4.79 Å². The molecule has 90 valence electrons. The fourth-order valence-electron chi connectivity index (χ4n) is 1.31. The molecule has 1 aromatic carbocycles. The third kappa shape index (κ3) is 3.68. The standard InChI is InChI=1S/C12H16N4O/c1-16(2)12(17)5-6-15-11-7-9(8-13)3-4-10(11)14/h3-4,7,15H,5-6,14H2,1-2H3. The molecular weight excluding hydrogens is 216 g/mol. The second-order valence-corrected chi connectivity index (χ2v) is 3.88. The number of hydrogen-bond donors (Lipinski definition) is 2. The van der Waals surface area contributed by atoms with E-state index in [4.69, 9.17) is 11.0 Å². The van der Waals surface area contributed by atoms with Crippen molar-refractivity contribution in [3.63, 3.8) is 0 Å². The lowest BCUT2D eigenvalue weighted by Crippen LogP contribution is -2.24. The third-order valence-corrected chi connectivity index (χ3v) is 2.34. The number of nitriles is 1. The molecule has 0 fully saturated rings. The minimum Gasteiger partial charge on any atom is -0.397 e. The summed E-state index contributed by atoms with van der Waals surface area (Å²) in [6.45, 7) is 0.496. The Kier molecular flexibility index (Phi) is 4.35. The third-order valence-electron chi connectivity index (χ3n) is 2.34. The van der Waals surface area contributed by atoms with Crippen LogP contribution in [0, 0.1) is 11.3 Å². The van der Waals surface area contributed by atoms with E-state index < -0.39 is 0 Å². The summed E-state index contributed by atoms with van der Waals surface area (Å²) in [5.41, 5.74) is 7.56. The Balaban J connectivity index is 2.58. The van der Waals surface area contributed by atoms with Gasteiger partial charge >= 0.3 is 0 Å². The van der Waals surface area contributed by atoms with Crippen LogP contribution in [0.5, 0.6) is 0 Å². The first-order chi connectivity index (χ1) is 8.04. The van der Waals surface area contributed by atoms with Crippen molar-refractivity contribution in [2.24, 2.45) is 0 Å². The van der Waals surface area contributed by atoms with Crippen molar-refractivity contribution in [1.82, 2.24) is 4.90 Å². The number of rotatable bonds is 4. The zero-order valence-corrected chi connectivity index (χ0v) is 10.0. The number of carbonyl (C=O) groups is 1. The first kappa shape index (κ1) is 12.8. The predicted octanol–water partition coefficient (Wildman–Crippen LogP) is 1.03. The van der Waals surface area contributed by atoms with Gasteiger partial charge in [-0.3, -0.25) is 4.79 Å². The topological polar surface area (TPSA) is 82.2 Å². The molecule has 0 bridgehead atoms. The number of carbonyl (C=O) groups excluding carboxylic acids is 1. The molecule has 1 amide bonds. The Hall–Kier alpha value is -2.22. The maximum atomic E-state index is 11.3. The Morgan fingerprint density at radius 2 is 2.24 bits per heavy atom. The summed E-state index contributed by atoms with van der Waals surface area (Å²) >= 11 is 0. The zero-order valence-electron chi connectivity index (χ0n) is 10.0. The van der Waals surface area contributed by atoms with Gasteiger partial charge in [-0.2, -0.15) is 5.26 Å². The Morgan fingerprint density at radius 1 is 1.53 bits per heavy atom. The van der Waals surface area contributed by atoms with Crippen molar-refractivity contribution < 1.29 is 4.79 Å². The average Bonchev–Trinajstić information content (AvgIpc) is 2.31. The number of nitrogens with one attached hydrogen (secondary N) is 1. The van der Waals surface area contributed by atoms with Crippen LogP contribution in [0.1, 0.15) is 12.0 Å². The molecule has 0 heterocycles. The highest BCUT2D eigenvalue weighted by Crippen LogP contribution is 2.19. The van der Waals surface area contributed by atoms with Crippen LogP contribution in [0.4, 0.5) is 11.4 Å². The van der Waals surface area contributed by atoms with Gasteiger partial charge in [0, 0.05) is 27.1 Å². The lowest BCUT2D eigenvalue weighted by atomic mass is 10.2. The largest absolute Gasteiger partial charge is 0.397 e. The van der Waals surface area contributed by atoms with E-state index >= 15 is 0 Å². The van der Waals surface area contributed by atoms with Crippen LogP contribution in [0.2, 0.25) is 0 Å². The van der Waals surface area contributed by atoms with Crippen molar-refractivity contribution in [1.29, 1.82) is 5.26 Å². The van der Waals surface area contributed by atoms with E-state index in [-0.39, 0.29) is 5.91 Å². The maximum Gasteiger partial charge on any atom is 0.223 e. The van der Waals surface area contributed by atoms with Crippen LogP contribution in [0.3, 0.4) is 0 Å². The highest BCUT2D eigenvalue weighted by atomic mass is 16.2. The second kappa shape index (κ2) is 5.75. The minimum absolute atomic E-state index is 0.0486. The molecule has 0 saturated heterocycles. The van der Waals surface area contributed by atoms with Gasteiger partial charge in [-0.1, -0.05) is 0 Å². The quantitative estimate of drug-likeness (QED) is 0.760. The van der Waals surface area contributed by atoms with Crippen LogP contribution in [-0.2, 0) is 4.79 Å². The molecule has 0 aromatic heterocycles. The molecular formula is C12H16N4O. The van der Waals surface area contributed by atoms with Crippen LogP contribution in [-0.4, -0.2) is 31.4 Å².